The van der Waals surface area contributed by atoms with Crippen molar-refractivity contribution in [2.45, 2.75) is 78.1 Å². The maximum absolute atomic E-state index is 11.6. The molecule has 0 radical (unpaired) electrons. The zero-order chi connectivity index (χ0) is 13.8. The van der Waals surface area contributed by atoms with Crippen LogP contribution < -0.4 is 11.5 Å². The van der Waals surface area contributed by atoms with Gasteiger partial charge in [0.25, 0.3) is 0 Å². The van der Waals surface area contributed by atoms with Crippen molar-refractivity contribution < 1.29 is 4.79 Å². The summed E-state index contributed by atoms with van der Waals surface area (Å²) in [7, 11) is 0. The molecule has 0 fully saturated rings. The Balaban J connectivity index is 3.36. The number of rotatable bonds is 11. The molecule has 0 aliphatic rings. The Morgan fingerprint density at radius 3 is 1.72 bits per heavy atom. The summed E-state index contributed by atoms with van der Waals surface area (Å²) >= 11 is 0. The van der Waals surface area contributed by atoms with Crippen molar-refractivity contribution in [2.24, 2.45) is 11.5 Å². The molecule has 0 aliphatic carbocycles. The van der Waals surface area contributed by atoms with Crippen molar-refractivity contribution in [3.05, 3.63) is 11.4 Å². The van der Waals surface area contributed by atoms with Crippen molar-refractivity contribution in [3.63, 3.8) is 0 Å². The molecule has 0 aromatic carbocycles. The molecule has 0 amide bonds. The summed E-state index contributed by atoms with van der Waals surface area (Å²) in [6, 6.07) is 0. The number of Topliss-reactive ketones (excluding diaryl/α,β-unsaturated/α-hetero) is 1. The van der Waals surface area contributed by atoms with Gasteiger partial charge in [-0.25, -0.2) is 0 Å². The molecule has 0 aromatic heterocycles. The van der Waals surface area contributed by atoms with Crippen molar-refractivity contribution in [3.8, 4) is 0 Å². The van der Waals surface area contributed by atoms with Crippen LogP contribution in [0, 0.1) is 0 Å². The van der Waals surface area contributed by atoms with Gasteiger partial charge in [-0.1, -0.05) is 58.3 Å². The largest absolute Gasteiger partial charge is 0.385 e. The van der Waals surface area contributed by atoms with E-state index in [1.165, 1.54) is 44.9 Å². The average molecular weight is 254 g/mol. The van der Waals surface area contributed by atoms with Crippen LogP contribution in [-0.4, -0.2) is 5.78 Å². The molecule has 106 valence electrons. The molecular weight excluding hydrogens is 224 g/mol. The molecule has 0 saturated heterocycles. The molecule has 18 heavy (non-hydrogen) atoms. The van der Waals surface area contributed by atoms with Gasteiger partial charge >= 0.3 is 0 Å². The summed E-state index contributed by atoms with van der Waals surface area (Å²) in [5, 5.41) is 0. The highest BCUT2D eigenvalue weighted by Crippen LogP contribution is 2.11. The molecule has 0 atom stereocenters. The molecule has 0 heterocycles. The number of nitrogens with two attached hydrogens (primary N) is 2. The van der Waals surface area contributed by atoms with E-state index in [-0.39, 0.29) is 11.6 Å². The van der Waals surface area contributed by atoms with Crippen LogP contribution in [-0.2, 0) is 4.79 Å². The Kier molecular flexibility index (Phi) is 10.5. The molecule has 4 N–H and O–H groups in total. The Labute approximate surface area is 112 Å². The predicted molar refractivity (Wildman–Crippen MR) is 77.9 cm³/mol. The van der Waals surface area contributed by atoms with Crippen LogP contribution in [0.3, 0.4) is 0 Å². The first-order chi connectivity index (χ1) is 8.59. The highest BCUT2D eigenvalue weighted by Gasteiger charge is 2.06. The van der Waals surface area contributed by atoms with E-state index >= 15 is 0 Å². The Morgan fingerprint density at radius 1 is 0.833 bits per heavy atom. The lowest BCUT2D eigenvalue weighted by molar-refractivity contribution is -0.115. The average Bonchev–Trinajstić information content (AvgIpc) is 2.35. The molecule has 0 rings (SSSR count). The number of allylic oxidation sites excluding steroid dienone is 1. The summed E-state index contributed by atoms with van der Waals surface area (Å²) in [6.07, 6.45) is 11.9. The van der Waals surface area contributed by atoms with Gasteiger partial charge in [-0.2, -0.15) is 0 Å². The SMILES string of the molecule is CCCCCCCCCCCC(=O)C(C)=C(N)N. The first-order valence-electron chi connectivity index (χ1n) is 7.34. The Morgan fingerprint density at radius 2 is 1.28 bits per heavy atom. The van der Waals surface area contributed by atoms with Gasteiger partial charge in [0.05, 0.1) is 5.82 Å². The van der Waals surface area contributed by atoms with Gasteiger partial charge < -0.3 is 11.5 Å². The van der Waals surface area contributed by atoms with E-state index in [0.717, 1.165) is 12.8 Å². The van der Waals surface area contributed by atoms with Crippen molar-refractivity contribution >= 4 is 5.78 Å². The molecule has 3 heteroatoms. The van der Waals surface area contributed by atoms with Crippen LogP contribution in [0.1, 0.15) is 78.1 Å². The number of carbonyl (C=O) groups is 1. The van der Waals surface area contributed by atoms with Crippen LogP contribution in [0.25, 0.3) is 0 Å². The smallest absolute Gasteiger partial charge is 0.162 e. The van der Waals surface area contributed by atoms with E-state index in [9.17, 15) is 4.79 Å². The van der Waals surface area contributed by atoms with Crippen molar-refractivity contribution in [2.75, 3.05) is 0 Å². The van der Waals surface area contributed by atoms with E-state index < -0.39 is 0 Å². The van der Waals surface area contributed by atoms with Gasteiger partial charge in [-0.3, -0.25) is 4.79 Å². The maximum Gasteiger partial charge on any atom is 0.162 e. The quantitative estimate of drug-likeness (QED) is 0.437. The molecular formula is C15H30N2O. The molecule has 0 saturated carbocycles. The highest BCUT2D eigenvalue weighted by atomic mass is 16.1. The monoisotopic (exact) mass is 254 g/mol. The molecule has 0 bridgehead atoms. The topological polar surface area (TPSA) is 69.1 Å². The van der Waals surface area contributed by atoms with E-state index in [1.807, 2.05) is 0 Å². The second kappa shape index (κ2) is 11.1. The third-order valence-corrected chi connectivity index (χ3v) is 3.36. The van der Waals surface area contributed by atoms with E-state index in [0.29, 0.717) is 12.0 Å². The van der Waals surface area contributed by atoms with Crippen molar-refractivity contribution in [1.29, 1.82) is 0 Å². The van der Waals surface area contributed by atoms with Gasteiger partial charge in [0.15, 0.2) is 5.78 Å². The zero-order valence-corrected chi connectivity index (χ0v) is 12.1. The van der Waals surface area contributed by atoms with Crippen molar-refractivity contribution in [1.82, 2.24) is 0 Å². The minimum atomic E-state index is 0.0953. The Hall–Kier alpha value is -0.990. The summed E-state index contributed by atoms with van der Waals surface area (Å²) < 4.78 is 0. The summed E-state index contributed by atoms with van der Waals surface area (Å²) in [5.41, 5.74) is 11.3. The fourth-order valence-corrected chi connectivity index (χ4v) is 1.94. The molecule has 0 spiro atoms. The molecule has 3 nitrogen and oxygen atoms in total. The van der Waals surface area contributed by atoms with E-state index in [1.54, 1.807) is 6.92 Å². The standard InChI is InChI=1S/C15H30N2O/c1-3-4-5-6-7-8-9-10-11-12-14(18)13(2)15(16)17/h3-12,16-17H2,1-2H3. The first-order valence-corrected chi connectivity index (χ1v) is 7.34. The normalized spacial score (nSPS) is 10.3. The second-order valence-electron chi connectivity index (χ2n) is 5.08. The zero-order valence-electron chi connectivity index (χ0n) is 12.1. The number of unbranched alkanes of at least 4 members (excludes halogenated alkanes) is 8. The van der Waals surface area contributed by atoms with Gasteiger partial charge in [-0.15, -0.1) is 0 Å². The lowest BCUT2D eigenvalue weighted by atomic mass is 10.0. The lowest BCUT2D eigenvalue weighted by Gasteiger charge is -2.03. The van der Waals surface area contributed by atoms with Gasteiger partial charge in [-0.05, 0) is 13.3 Å². The minimum Gasteiger partial charge on any atom is -0.385 e. The van der Waals surface area contributed by atoms with Gasteiger partial charge in [0.1, 0.15) is 0 Å². The number of hydrogen-bond acceptors (Lipinski definition) is 3. The third-order valence-electron chi connectivity index (χ3n) is 3.36. The van der Waals surface area contributed by atoms with Crippen LogP contribution >= 0.6 is 0 Å². The Bertz CT molecular complexity index is 255. The fraction of sp³-hybridized carbons (Fsp3) is 0.800. The lowest BCUT2D eigenvalue weighted by Crippen LogP contribution is -2.15. The minimum absolute atomic E-state index is 0.0953. The van der Waals surface area contributed by atoms with E-state index in [4.69, 9.17) is 11.5 Å². The summed E-state index contributed by atoms with van der Waals surface area (Å²) in [4.78, 5) is 11.6. The molecule has 0 aromatic rings. The maximum atomic E-state index is 11.6. The van der Waals surface area contributed by atoms with Crippen LogP contribution in [0.4, 0.5) is 0 Å². The number of carbonyl (C=O) groups excluding carboxylic acids is 1. The number of ketones is 1. The number of hydrogen-bond donors (Lipinski definition) is 2. The highest BCUT2D eigenvalue weighted by molar-refractivity contribution is 5.95. The van der Waals surface area contributed by atoms with Crippen LogP contribution in [0.2, 0.25) is 0 Å². The van der Waals surface area contributed by atoms with Crippen LogP contribution in [0.5, 0.6) is 0 Å². The summed E-state index contributed by atoms with van der Waals surface area (Å²) in [6.45, 7) is 3.94. The fourth-order valence-electron chi connectivity index (χ4n) is 1.94. The third kappa shape index (κ3) is 9.08. The van der Waals surface area contributed by atoms with Crippen LogP contribution in [0.15, 0.2) is 11.4 Å². The van der Waals surface area contributed by atoms with Gasteiger partial charge in [0, 0.05) is 12.0 Å². The second-order valence-corrected chi connectivity index (χ2v) is 5.08. The first kappa shape index (κ1) is 17.0. The molecule has 0 unspecified atom stereocenters. The van der Waals surface area contributed by atoms with E-state index in [2.05, 4.69) is 6.92 Å². The summed E-state index contributed by atoms with van der Waals surface area (Å²) in [5.74, 6) is 0.258. The van der Waals surface area contributed by atoms with Gasteiger partial charge in [0.2, 0.25) is 0 Å². The molecule has 0 aliphatic heterocycles. The predicted octanol–water partition coefficient (Wildman–Crippen LogP) is 3.63.